The van der Waals surface area contributed by atoms with Crippen LogP contribution < -0.4 is 4.74 Å². The number of carbonyl (C=O) groups excluding carboxylic acids is 1. The zero-order chi connectivity index (χ0) is 14.3. The first-order chi connectivity index (χ1) is 8.99. The third-order valence-electron chi connectivity index (χ3n) is 2.77. The number of hydrogen-bond acceptors (Lipinski definition) is 3. The molecule has 0 aliphatic heterocycles. The molecule has 0 aromatic heterocycles. The first-order valence-electron chi connectivity index (χ1n) is 6.85. The van der Waals surface area contributed by atoms with Crippen molar-refractivity contribution in [2.75, 3.05) is 6.61 Å². The quantitative estimate of drug-likeness (QED) is 0.719. The van der Waals surface area contributed by atoms with Gasteiger partial charge in [-0.3, -0.25) is 4.79 Å². The maximum absolute atomic E-state index is 11.4. The van der Waals surface area contributed by atoms with Gasteiger partial charge >= 0.3 is 0 Å². The largest absolute Gasteiger partial charge is 0.493 e. The van der Waals surface area contributed by atoms with Crippen LogP contribution in [0.25, 0.3) is 0 Å². The van der Waals surface area contributed by atoms with Gasteiger partial charge in [0, 0.05) is 12.3 Å². The van der Waals surface area contributed by atoms with E-state index in [9.17, 15) is 4.79 Å². The van der Waals surface area contributed by atoms with Crippen molar-refractivity contribution in [3.8, 4) is 5.75 Å². The molecule has 0 unspecified atom stereocenters. The molecule has 19 heavy (non-hydrogen) atoms. The molecule has 3 heteroatoms. The lowest BCUT2D eigenvalue weighted by molar-refractivity contribution is -0.122. The zero-order valence-corrected chi connectivity index (χ0v) is 12.3. The molecule has 0 amide bonds. The van der Waals surface area contributed by atoms with Crippen molar-refractivity contribution in [3.05, 3.63) is 29.8 Å². The van der Waals surface area contributed by atoms with E-state index < -0.39 is 0 Å². The fourth-order valence-electron chi connectivity index (χ4n) is 1.50. The van der Waals surface area contributed by atoms with Gasteiger partial charge in [0.1, 0.15) is 11.5 Å². The topological polar surface area (TPSA) is 35.5 Å². The van der Waals surface area contributed by atoms with Gasteiger partial charge in [0.25, 0.3) is 0 Å². The molecule has 0 N–H and O–H groups in total. The lowest BCUT2D eigenvalue weighted by Gasteiger charge is -2.09. The molecule has 0 radical (unpaired) electrons. The van der Waals surface area contributed by atoms with Gasteiger partial charge < -0.3 is 9.47 Å². The number of ether oxygens (including phenoxy) is 2. The molecule has 1 aromatic carbocycles. The summed E-state index contributed by atoms with van der Waals surface area (Å²) in [6.45, 7) is 8.91. The number of carbonyl (C=O) groups is 1. The highest BCUT2D eigenvalue weighted by Crippen LogP contribution is 2.14. The average Bonchev–Trinajstić information content (AvgIpc) is 2.37. The minimum Gasteiger partial charge on any atom is -0.493 e. The molecule has 0 saturated carbocycles. The molecule has 0 aliphatic carbocycles. The summed E-state index contributed by atoms with van der Waals surface area (Å²) in [4.78, 5) is 11.4. The summed E-state index contributed by atoms with van der Waals surface area (Å²) >= 11 is 0. The summed E-state index contributed by atoms with van der Waals surface area (Å²) in [5.74, 6) is 1.12. The summed E-state index contributed by atoms with van der Waals surface area (Å²) in [6, 6.07) is 7.81. The smallest absolute Gasteiger partial charge is 0.138 e. The normalized spacial score (nSPS) is 11.1. The van der Waals surface area contributed by atoms with E-state index >= 15 is 0 Å². The van der Waals surface area contributed by atoms with E-state index in [1.54, 1.807) is 0 Å². The summed E-state index contributed by atoms with van der Waals surface area (Å²) < 4.78 is 11.1. The highest BCUT2D eigenvalue weighted by Gasteiger charge is 2.06. The van der Waals surface area contributed by atoms with Gasteiger partial charge in [-0.25, -0.2) is 0 Å². The number of hydrogen-bond donors (Lipinski definition) is 0. The Morgan fingerprint density at radius 2 is 1.74 bits per heavy atom. The van der Waals surface area contributed by atoms with E-state index in [1.807, 2.05) is 52.0 Å². The first kappa shape index (κ1) is 15.7. The Morgan fingerprint density at radius 3 is 2.26 bits per heavy atom. The first-order valence-corrected chi connectivity index (χ1v) is 6.85. The predicted octanol–water partition coefficient (Wildman–Crippen LogP) is 3.61. The zero-order valence-electron chi connectivity index (χ0n) is 12.3. The Balaban J connectivity index is 2.34. The fourth-order valence-corrected chi connectivity index (χ4v) is 1.50. The maximum Gasteiger partial charge on any atom is 0.138 e. The molecule has 106 valence electrons. The van der Waals surface area contributed by atoms with Crippen LogP contribution in [0.2, 0.25) is 0 Å². The number of Topliss-reactive ketones (excluding diaryl/α,β-unsaturated/α-hetero) is 1. The Morgan fingerprint density at radius 1 is 1.11 bits per heavy atom. The summed E-state index contributed by atoms with van der Waals surface area (Å²) in [5.41, 5.74) is 1.12. The fraction of sp³-hybridized carbons (Fsp3) is 0.562. The predicted molar refractivity (Wildman–Crippen MR) is 76.3 cm³/mol. The van der Waals surface area contributed by atoms with E-state index in [-0.39, 0.29) is 17.8 Å². The third-order valence-corrected chi connectivity index (χ3v) is 2.77. The van der Waals surface area contributed by atoms with Gasteiger partial charge in [-0.05, 0) is 31.5 Å². The summed E-state index contributed by atoms with van der Waals surface area (Å²) in [5, 5.41) is 0. The standard InChI is InChI=1S/C16H24O3/c1-12(2)16(17)9-10-18-15-7-5-14(6-8-15)11-19-13(3)4/h5-8,12-13H,9-11H2,1-4H3. The molecule has 0 saturated heterocycles. The van der Waals surface area contributed by atoms with Gasteiger partial charge in [0.15, 0.2) is 0 Å². The van der Waals surface area contributed by atoms with E-state index in [4.69, 9.17) is 9.47 Å². The molecule has 3 nitrogen and oxygen atoms in total. The lowest BCUT2D eigenvalue weighted by atomic mass is 10.1. The van der Waals surface area contributed by atoms with E-state index in [0.717, 1.165) is 11.3 Å². The molecule has 0 bridgehead atoms. The van der Waals surface area contributed by atoms with Crippen LogP contribution in [0.3, 0.4) is 0 Å². The lowest BCUT2D eigenvalue weighted by Crippen LogP contribution is -2.11. The number of rotatable bonds is 8. The van der Waals surface area contributed by atoms with Gasteiger partial charge in [-0.1, -0.05) is 26.0 Å². The van der Waals surface area contributed by atoms with E-state index in [2.05, 4.69) is 0 Å². The van der Waals surface area contributed by atoms with Gasteiger partial charge in [0.2, 0.25) is 0 Å². The van der Waals surface area contributed by atoms with Crippen LogP contribution in [0, 0.1) is 5.92 Å². The Bertz CT molecular complexity index is 379. The van der Waals surface area contributed by atoms with E-state index in [0.29, 0.717) is 19.6 Å². The van der Waals surface area contributed by atoms with Crippen molar-refractivity contribution in [3.63, 3.8) is 0 Å². The number of ketones is 1. The van der Waals surface area contributed by atoms with Crippen LogP contribution >= 0.6 is 0 Å². The van der Waals surface area contributed by atoms with Crippen LogP contribution in [-0.4, -0.2) is 18.5 Å². The minimum atomic E-state index is 0.0826. The van der Waals surface area contributed by atoms with Gasteiger partial charge in [0.05, 0.1) is 19.3 Å². The molecule has 0 aliphatic rings. The van der Waals surface area contributed by atoms with Crippen LogP contribution in [0.1, 0.15) is 39.7 Å². The van der Waals surface area contributed by atoms with Crippen molar-refractivity contribution in [1.29, 1.82) is 0 Å². The van der Waals surface area contributed by atoms with Crippen molar-refractivity contribution >= 4 is 5.78 Å². The minimum absolute atomic E-state index is 0.0826. The SMILES string of the molecule is CC(C)OCc1ccc(OCCC(=O)C(C)C)cc1. The van der Waals surface area contributed by atoms with Crippen molar-refractivity contribution in [1.82, 2.24) is 0 Å². The summed E-state index contributed by atoms with van der Waals surface area (Å²) in [6.07, 6.45) is 0.702. The van der Waals surface area contributed by atoms with Gasteiger partial charge in [-0.15, -0.1) is 0 Å². The second-order valence-electron chi connectivity index (χ2n) is 5.22. The molecular formula is C16H24O3. The second kappa shape index (κ2) is 7.95. The highest BCUT2D eigenvalue weighted by atomic mass is 16.5. The molecule has 0 heterocycles. The number of benzene rings is 1. The van der Waals surface area contributed by atoms with Crippen LogP contribution in [-0.2, 0) is 16.1 Å². The third kappa shape index (κ3) is 6.39. The van der Waals surface area contributed by atoms with Crippen molar-refractivity contribution in [2.24, 2.45) is 5.92 Å². The van der Waals surface area contributed by atoms with Crippen LogP contribution in [0.5, 0.6) is 5.75 Å². The Kier molecular flexibility index (Phi) is 6.57. The van der Waals surface area contributed by atoms with Crippen LogP contribution in [0.15, 0.2) is 24.3 Å². The van der Waals surface area contributed by atoms with Gasteiger partial charge in [-0.2, -0.15) is 0 Å². The molecule has 1 aromatic rings. The van der Waals surface area contributed by atoms with Crippen molar-refractivity contribution < 1.29 is 14.3 Å². The monoisotopic (exact) mass is 264 g/mol. The average molecular weight is 264 g/mol. The second-order valence-corrected chi connectivity index (χ2v) is 5.22. The van der Waals surface area contributed by atoms with Crippen molar-refractivity contribution in [2.45, 2.75) is 46.8 Å². The molecule has 0 spiro atoms. The van der Waals surface area contributed by atoms with Crippen LogP contribution in [0.4, 0.5) is 0 Å². The van der Waals surface area contributed by atoms with E-state index in [1.165, 1.54) is 0 Å². The Labute approximate surface area is 115 Å². The molecular weight excluding hydrogens is 240 g/mol. The Hall–Kier alpha value is -1.35. The highest BCUT2D eigenvalue weighted by molar-refractivity contribution is 5.80. The molecule has 0 fully saturated rings. The molecule has 0 atom stereocenters. The summed E-state index contributed by atoms with van der Waals surface area (Å²) in [7, 11) is 0. The maximum atomic E-state index is 11.4. The molecule has 1 rings (SSSR count).